The highest BCUT2D eigenvalue weighted by Gasteiger charge is 2.25. The molecule has 8 nitrogen and oxygen atoms in total. The van der Waals surface area contributed by atoms with Crippen LogP contribution in [0.1, 0.15) is 22.8 Å². The quantitative estimate of drug-likeness (QED) is 0.374. The van der Waals surface area contributed by atoms with Gasteiger partial charge in [-0.05, 0) is 5.56 Å². The third-order valence-electron chi connectivity index (χ3n) is 2.98. The molecule has 0 amide bonds. The average Bonchev–Trinajstić information content (AvgIpc) is 2.53. The first-order chi connectivity index (χ1) is 11.4. The smallest absolute Gasteiger partial charge is 0.342 e. The van der Waals surface area contributed by atoms with Gasteiger partial charge in [0.25, 0.3) is 5.69 Å². The van der Waals surface area contributed by atoms with Crippen molar-refractivity contribution in [3.8, 4) is 11.5 Å². The lowest BCUT2D eigenvalue weighted by Gasteiger charge is -2.12. The zero-order valence-corrected chi connectivity index (χ0v) is 12.6. The lowest BCUT2D eigenvalue weighted by molar-refractivity contribution is -0.385. The van der Waals surface area contributed by atoms with Gasteiger partial charge in [-0.3, -0.25) is 14.9 Å². The molecule has 0 aromatic heterocycles. The van der Waals surface area contributed by atoms with Crippen molar-refractivity contribution in [1.29, 1.82) is 0 Å². The standard InChI is InChI=1S/C16H13NO7/c1-10(18)24-15-8-13(17(21)22)12(16(19)20)7-14(15)23-9-11-5-3-2-4-6-11/h2-8H,9H2,1H3,(H,19,20). The van der Waals surface area contributed by atoms with Crippen LogP contribution in [0.2, 0.25) is 0 Å². The van der Waals surface area contributed by atoms with E-state index in [9.17, 15) is 19.7 Å². The van der Waals surface area contributed by atoms with E-state index in [-0.39, 0.29) is 18.1 Å². The molecule has 0 saturated heterocycles. The molecule has 0 atom stereocenters. The number of esters is 1. The first kappa shape index (κ1) is 16.9. The van der Waals surface area contributed by atoms with Crippen molar-refractivity contribution in [2.24, 2.45) is 0 Å². The number of hydrogen-bond acceptors (Lipinski definition) is 6. The number of carboxylic acids is 1. The highest BCUT2D eigenvalue weighted by Crippen LogP contribution is 2.35. The molecular formula is C16H13NO7. The second kappa shape index (κ2) is 7.23. The first-order valence-corrected chi connectivity index (χ1v) is 6.79. The zero-order valence-electron chi connectivity index (χ0n) is 12.6. The van der Waals surface area contributed by atoms with Crippen LogP contribution in [-0.4, -0.2) is 22.0 Å². The van der Waals surface area contributed by atoms with Gasteiger partial charge in [0.15, 0.2) is 11.5 Å². The number of carbonyl (C=O) groups excluding carboxylic acids is 1. The summed E-state index contributed by atoms with van der Waals surface area (Å²) < 4.78 is 10.4. The third kappa shape index (κ3) is 4.07. The van der Waals surface area contributed by atoms with E-state index in [0.29, 0.717) is 0 Å². The largest absolute Gasteiger partial charge is 0.485 e. The van der Waals surface area contributed by atoms with Gasteiger partial charge in [-0.15, -0.1) is 0 Å². The fourth-order valence-electron chi connectivity index (χ4n) is 1.95. The minimum absolute atomic E-state index is 0.0722. The SMILES string of the molecule is CC(=O)Oc1cc([N+](=O)[O-])c(C(=O)O)cc1OCc1ccccc1. The van der Waals surface area contributed by atoms with Gasteiger partial charge in [-0.25, -0.2) is 4.79 Å². The average molecular weight is 331 g/mol. The maximum atomic E-state index is 11.2. The zero-order chi connectivity index (χ0) is 17.7. The van der Waals surface area contributed by atoms with Crippen LogP contribution in [0.4, 0.5) is 5.69 Å². The fourth-order valence-corrected chi connectivity index (χ4v) is 1.95. The van der Waals surface area contributed by atoms with Crippen LogP contribution in [-0.2, 0) is 11.4 Å². The number of rotatable bonds is 6. The van der Waals surface area contributed by atoms with Gasteiger partial charge < -0.3 is 14.6 Å². The summed E-state index contributed by atoms with van der Waals surface area (Å²) in [6.07, 6.45) is 0. The highest BCUT2D eigenvalue weighted by molar-refractivity contribution is 5.93. The van der Waals surface area contributed by atoms with E-state index in [0.717, 1.165) is 24.6 Å². The summed E-state index contributed by atoms with van der Waals surface area (Å²) in [6, 6.07) is 10.8. The Kier molecular flexibility index (Phi) is 5.10. The molecule has 0 heterocycles. The van der Waals surface area contributed by atoms with Gasteiger partial charge in [0.2, 0.25) is 0 Å². The molecule has 0 spiro atoms. The molecule has 0 bridgehead atoms. The van der Waals surface area contributed by atoms with Gasteiger partial charge in [-0.2, -0.15) is 0 Å². The predicted molar refractivity (Wildman–Crippen MR) is 82.1 cm³/mol. The maximum Gasteiger partial charge on any atom is 0.342 e. The number of hydrogen-bond donors (Lipinski definition) is 1. The van der Waals surface area contributed by atoms with E-state index in [1.165, 1.54) is 0 Å². The number of nitro benzene ring substituents is 1. The molecule has 2 rings (SSSR count). The van der Waals surface area contributed by atoms with Gasteiger partial charge in [0.1, 0.15) is 12.2 Å². The minimum Gasteiger partial charge on any atom is -0.485 e. The summed E-state index contributed by atoms with van der Waals surface area (Å²) in [4.78, 5) is 32.5. The number of nitrogens with zero attached hydrogens (tertiary/aromatic N) is 1. The second-order valence-electron chi connectivity index (χ2n) is 4.75. The number of aromatic carboxylic acids is 1. The molecule has 24 heavy (non-hydrogen) atoms. The van der Waals surface area contributed by atoms with Crippen molar-refractivity contribution in [3.05, 3.63) is 63.7 Å². The molecule has 0 unspecified atom stereocenters. The molecule has 8 heteroatoms. The molecule has 124 valence electrons. The van der Waals surface area contributed by atoms with Crippen LogP contribution in [0.5, 0.6) is 11.5 Å². The van der Waals surface area contributed by atoms with Gasteiger partial charge in [-0.1, -0.05) is 30.3 Å². The predicted octanol–water partition coefficient (Wildman–Crippen LogP) is 2.80. The van der Waals surface area contributed by atoms with E-state index in [2.05, 4.69) is 0 Å². The van der Waals surface area contributed by atoms with Crippen molar-refractivity contribution >= 4 is 17.6 Å². The van der Waals surface area contributed by atoms with E-state index in [1.54, 1.807) is 24.3 Å². The van der Waals surface area contributed by atoms with Crippen molar-refractivity contribution in [3.63, 3.8) is 0 Å². The molecule has 2 aromatic carbocycles. The molecule has 0 aliphatic carbocycles. The minimum atomic E-state index is -1.49. The number of carbonyl (C=O) groups is 2. The summed E-state index contributed by atoms with van der Waals surface area (Å²) >= 11 is 0. The molecule has 0 aliphatic heterocycles. The van der Waals surface area contributed by atoms with Gasteiger partial charge in [0.05, 0.1) is 11.0 Å². The van der Waals surface area contributed by atoms with Crippen LogP contribution in [0, 0.1) is 10.1 Å². The van der Waals surface area contributed by atoms with Crippen LogP contribution in [0.3, 0.4) is 0 Å². The van der Waals surface area contributed by atoms with Crippen molar-refractivity contribution in [1.82, 2.24) is 0 Å². The Bertz CT molecular complexity index is 787. The van der Waals surface area contributed by atoms with E-state index >= 15 is 0 Å². The molecule has 2 aromatic rings. The van der Waals surface area contributed by atoms with Gasteiger partial charge >= 0.3 is 11.9 Å². The molecule has 1 N–H and O–H groups in total. The molecule has 0 saturated carbocycles. The number of carboxylic acid groups (broad SMARTS) is 1. The lowest BCUT2D eigenvalue weighted by Crippen LogP contribution is -2.08. The Morgan fingerprint density at radius 1 is 1.17 bits per heavy atom. The summed E-state index contributed by atoms with van der Waals surface area (Å²) in [5.41, 5.74) is -0.453. The van der Waals surface area contributed by atoms with Gasteiger partial charge in [0, 0.05) is 13.0 Å². The number of nitro groups is 1. The summed E-state index contributed by atoms with van der Waals surface area (Å²) in [6.45, 7) is 1.20. The van der Waals surface area contributed by atoms with Crippen LogP contribution in [0.25, 0.3) is 0 Å². The second-order valence-corrected chi connectivity index (χ2v) is 4.75. The molecule has 0 fully saturated rings. The Morgan fingerprint density at radius 2 is 1.83 bits per heavy atom. The Morgan fingerprint density at radius 3 is 2.38 bits per heavy atom. The van der Waals surface area contributed by atoms with Crippen molar-refractivity contribution in [2.45, 2.75) is 13.5 Å². The topological polar surface area (TPSA) is 116 Å². The monoisotopic (exact) mass is 331 g/mol. The lowest BCUT2D eigenvalue weighted by atomic mass is 10.1. The van der Waals surface area contributed by atoms with Crippen LogP contribution >= 0.6 is 0 Å². The maximum absolute atomic E-state index is 11.2. The Hall–Kier alpha value is -3.42. The normalized spacial score (nSPS) is 10.0. The van der Waals surface area contributed by atoms with E-state index in [1.807, 2.05) is 6.07 Å². The Labute approximate surface area is 136 Å². The van der Waals surface area contributed by atoms with Crippen molar-refractivity contribution in [2.75, 3.05) is 0 Å². The molecular weight excluding hydrogens is 318 g/mol. The first-order valence-electron chi connectivity index (χ1n) is 6.79. The third-order valence-corrected chi connectivity index (χ3v) is 2.98. The number of ether oxygens (including phenoxy) is 2. The summed E-state index contributed by atoms with van der Waals surface area (Å²) in [5, 5.41) is 20.1. The van der Waals surface area contributed by atoms with Crippen molar-refractivity contribution < 1.29 is 29.1 Å². The fraction of sp³-hybridized carbons (Fsp3) is 0.125. The van der Waals surface area contributed by atoms with Crippen LogP contribution in [0.15, 0.2) is 42.5 Å². The number of benzene rings is 2. The highest BCUT2D eigenvalue weighted by atomic mass is 16.6. The Balaban J connectivity index is 2.42. The summed E-state index contributed by atoms with van der Waals surface area (Å²) in [7, 11) is 0. The van der Waals surface area contributed by atoms with E-state index in [4.69, 9.17) is 14.6 Å². The molecule has 0 radical (unpaired) electrons. The van der Waals surface area contributed by atoms with Crippen LogP contribution < -0.4 is 9.47 Å². The van der Waals surface area contributed by atoms with E-state index < -0.39 is 28.1 Å². The molecule has 0 aliphatic rings. The summed E-state index contributed by atoms with van der Waals surface area (Å²) in [5.74, 6) is -2.48.